The van der Waals surface area contributed by atoms with Crippen molar-refractivity contribution in [2.45, 2.75) is 39.0 Å². The molecule has 1 aromatic heterocycles. The van der Waals surface area contributed by atoms with Crippen molar-refractivity contribution in [3.05, 3.63) is 17.5 Å². The van der Waals surface area contributed by atoms with Crippen LogP contribution in [0, 0.1) is 5.92 Å². The fourth-order valence-corrected chi connectivity index (χ4v) is 2.29. The number of Topliss-reactive ketones (excluding diaryl/α,β-unsaturated/α-hetero) is 1. The molecule has 0 spiro atoms. The van der Waals surface area contributed by atoms with Gasteiger partial charge in [0.25, 0.3) is 0 Å². The number of ketones is 1. The molecule has 15 heavy (non-hydrogen) atoms. The average molecular weight is 206 g/mol. The lowest BCUT2D eigenvalue weighted by Gasteiger charge is -2.07. The number of carbonyl (C=O) groups excluding carboxylic acids is 1. The molecular weight excluding hydrogens is 188 g/mol. The summed E-state index contributed by atoms with van der Waals surface area (Å²) in [5, 5.41) is 4.40. The third kappa shape index (κ3) is 2.11. The van der Waals surface area contributed by atoms with Gasteiger partial charge in [-0.1, -0.05) is 6.92 Å². The summed E-state index contributed by atoms with van der Waals surface area (Å²) in [5.41, 5.74) is 2.32. The van der Waals surface area contributed by atoms with E-state index in [2.05, 4.69) is 18.1 Å². The summed E-state index contributed by atoms with van der Waals surface area (Å²) in [4.78, 5) is 11.5. The second-order valence-electron chi connectivity index (χ2n) is 4.36. The van der Waals surface area contributed by atoms with Crippen molar-refractivity contribution < 1.29 is 4.79 Å². The normalized spacial score (nSPS) is 21.2. The number of aryl methyl sites for hydroxylation is 2. The Bertz CT molecular complexity index is 368. The van der Waals surface area contributed by atoms with E-state index in [1.165, 1.54) is 5.69 Å². The number of hydrogen-bond acceptors (Lipinski definition) is 2. The Kier molecular flexibility index (Phi) is 2.89. The Morgan fingerprint density at radius 2 is 2.40 bits per heavy atom. The number of aromatic nitrogens is 2. The molecule has 1 aromatic rings. The molecule has 1 aliphatic carbocycles. The van der Waals surface area contributed by atoms with Crippen molar-refractivity contribution in [1.29, 1.82) is 0 Å². The first kappa shape index (κ1) is 10.4. The zero-order valence-electron chi connectivity index (χ0n) is 9.49. The van der Waals surface area contributed by atoms with Crippen molar-refractivity contribution in [2.24, 2.45) is 13.0 Å². The van der Waals surface area contributed by atoms with Gasteiger partial charge in [-0.2, -0.15) is 5.10 Å². The van der Waals surface area contributed by atoms with Crippen LogP contribution in [0.2, 0.25) is 0 Å². The molecule has 0 aromatic carbocycles. The van der Waals surface area contributed by atoms with Crippen molar-refractivity contribution >= 4 is 5.78 Å². The minimum Gasteiger partial charge on any atom is -0.299 e. The Labute approximate surface area is 90.5 Å². The Morgan fingerprint density at radius 3 is 2.93 bits per heavy atom. The maximum absolute atomic E-state index is 11.5. The SMILES string of the molecule is CCc1cc(CC2CCCC2=O)n(C)n1. The zero-order chi connectivity index (χ0) is 10.8. The van der Waals surface area contributed by atoms with E-state index in [4.69, 9.17) is 0 Å². The molecule has 1 fully saturated rings. The predicted octanol–water partition coefficient (Wildman–Crippen LogP) is 1.89. The summed E-state index contributed by atoms with van der Waals surface area (Å²) in [6, 6.07) is 2.13. The van der Waals surface area contributed by atoms with Crippen LogP contribution in [0.25, 0.3) is 0 Å². The van der Waals surface area contributed by atoms with Gasteiger partial charge < -0.3 is 0 Å². The Morgan fingerprint density at radius 1 is 1.60 bits per heavy atom. The predicted molar refractivity (Wildman–Crippen MR) is 58.6 cm³/mol. The number of rotatable bonds is 3. The first-order chi connectivity index (χ1) is 7.20. The molecule has 1 aliphatic rings. The summed E-state index contributed by atoms with van der Waals surface area (Å²) in [6.07, 6.45) is 4.76. The minimum atomic E-state index is 0.255. The first-order valence-electron chi connectivity index (χ1n) is 5.75. The third-order valence-electron chi connectivity index (χ3n) is 3.28. The molecule has 0 amide bonds. The van der Waals surface area contributed by atoms with Crippen LogP contribution >= 0.6 is 0 Å². The third-order valence-corrected chi connectivity index (χ3v) is 3.28. The Hall–Kier alpha value is -1.12. The largest absolute Gasteiger partial charge is 0.299 e. The number of nitrogens with zero attached hydrogens (tertiary/aromatic N) is 2. The van der Waals surface area contributed by atoms with Crippen LogP contribution in [-0.4, -0.2) is 15.6 Å². The smallest absolute Gasteiger partial charge is 0.136 e. The van der Waals surface area contributed by atoms with Crippen LogP contribution in [0.4, 0.5) is 0 Å². The number of hydrogen-bond donors (Lipinski definition) is 0. The molecule has 1 atom stereocenters. The zero-order valence-corrected chi connectivity index (χ0v) is 9.49. The lowest BCUT2D eigenvalue weighted by atomic mass is 10.0. The molecule has 1 heterocycles. The van der Waals surface area contributed by atoms with Gasteiger partial charge in [-0.3, -0.25) is 9.48 Å². The molecule has 1 saturated carbocycles. The van der Waals surface area contributed by atoms with Crippen molar-refractivity contribution in [2.75, 3.05) is 0 Å². The summed E-state index contributed by atoms with van der Waals surface area (Å²) in [6.45, 7) is 2.10. The molecule has 82 valence electrons. The highest BCUT2D eigenvalue weighted by Crippen LogP contribution is 2.25. The quantitative estimate of drug-likeness (QED) is 0.757. The molecule has 0 N–H and O–H groups in total. The van der Waals surface area contributed by atoms with Crippen LogP contribution in [0.1, 0.15) is 37.6 Å². The van der Waals surface area contributed by atoms with Gasteiger partial charge in [0.15, 0.2) is 0 Å². The van der Waals surface area contributed by atoms with Gasteiger partial charge in [-0.25, -0.2) is 0 Å². The molecule has 2 rings (SSSR count). The average Bonchev–Trinajstić information content (AvgIpc) is 2.76. The maximum atomic E-state index is 11.5. The fraction of sp³-hybridized carbons (Fsp3) is 0.667. The minimum absolute atomic E-state index is 0.255. The second kappa shape index (κ2) is 4.17. The highest BCUT2D eigenvalue weighted by Gasteiger charge is 2.25. The van der Waals surface area contributed by atoms with E-state index in [0.717, 1.165) is 37.8 Å². The van der Waals surface area contributed by atoms with Gasteiger partial charge in [0, 0.05) is 25.1 Å². The second-order valence-corrected chi connectivity index (χ2v) is 4.36. The fourth-order valence-electron chi connectivity index (χ4n) is 2.29. The maximum Gasteiger partial charge on any atom is 0.136 e. The monoisotopic (exact) mass is 206 g/mol. The standard InChI is InChI=1S/C12H18N2O/c1-3-10-8-11(14(2)13-10)7-9-5-4-6-12(9)15/h8-9H,3-7H2,1-2H3. The summed E-state index contributed by atoms with van der Waals surface area (Å²) >= 11 is 0. The van der Waals surface area contributed by atoms with Crippen LogP contribution in [-0.2, 0) is 24.7 Å². The van der Waals surface area contributed by atoms with Crippen LogP contribution in [0.15, 0.2) is 6.07 Å². The summed E-state index contributed by atoms with van der Waals surface area (Å²) in [5.74, 6) is 0.694. The molecule has 0 radical (unpaired) electrons. The molecule has 0 aliphatic heterocycles. The first-order valence-corrected chi connectivity index (χ1v) is 5.75. The van der Waals surface area contributed by atoms with Crippen molar-refractivity contribution in [3.63, 3.8) is 0 Å². The van der Waals surface area contributed by atoms with E-state index in [-0.39, 0.29) is 5.92 Å². The highest BCUT2D eigenvalue weighted by molar-refractivity contribution is 5.83. The summed E-state index contributed by atoms with van der Waals surface area (Å²) < 4.78 is 1.92. The van der Waals surface area contributed by atoms with E-state index in [0.29, 0.717) is 5.78 Å². The van der Waals surface area contributed by atoms with Gasteiger partial charge in [0.1, 0.15) is 5.78 Å². The van der Waals surface area contributed by atoms with Gasteiger partial charge in [-0.15, -0.1) is 0 Å². The van der Waals surface area contributed by atoms with Gasteiger partial charge >= 0.3 is 0 Å². The number of carbonyl (C=O) groups is 1. The lowest BCUT2D eigenvalue weighted by Crippen LogP contribution is -2.12. The highest BCUT2D eigenvalue weighted by atomic mass is 16.1. The van der Waals surface area contributed by atoms with E-state index < -0.39 is 0 Å². The van der Waals surface area contributed by atoms with Gasteiger partial charge in [0.2, 0.25) is 0 Å². The summed E-state index contributed by atoms with van der Waals surface area (Å²) in [7, 11) is 1.97. The molecule has 0 saturated heterocycles. The molecule has 1 unspecified atom stereocenters. The molecule has 3 nitrogen and oxygen atoms in total. The molecule has 0 bridgehead atoms. The van der Waals surface area contributed by atoms with Crippen LogP contribution in [0.3, 0.4) is 0 Å². The van der Waals surface area contributed by atoms with Crippen molar-refractivity contribution in [1.82, 2.24) is 9.78 Å². The van der Waals surface area contributed by atoms with Crippen molar-refractivity contribution in [3.8, 4) is 0 Å². The van der Waals surface area contributed by atoms with Gasteiger partial charge in [-0.05, 0) is 31.7 Å². The van der Waals surface area contributed by atoms with Crippen LogP contribution in [0.5, 0.6) is 0 Å². The topological polar surface area (TPSA) is 34.9 Å². The van der Waals surface area contributed by atoms with Crippen LogP contribution < -0.4 is 0 Å². The lowest BCUT2D eigenvalue weighted by molar-refractivity contribution is -0.120. The van der Waals surface area contributed by atoms with Gasteiger partial charge in [0.05, 0.1) is 5.69 Å². The van der Waals surface area contributed by atoms with E-state index >= 15 is 0 Å². The van der Waals surface area contributed by atoms with E-state index in [9.17, 15) is 4.79 Å². The van der Waals surface area contributed by atoms with E-state index in [1.54, 1.807) is 0 Å². The Balaban J connectivity index is 2.09. The molecular formula is C12H18N2O. The molecule has 3 heteroatoms. The van der Waals surface area contributed by atoms with E-state index in [1.807, 2.05) is 11.7 Å².